The molecule has 0 saturated heterocycles. The van der Waals surface area contributed by atoms with E-state index in [0.29, 0.717) is 13.0 Å². The molecule has 0 radical (unpaired) electrons. The van der Waals surface area contributed by atoms with Crippen molar-refractivity contribution >= 4 is 5.78 Å². The molecule has 2 atom stereocenters. The summed E-state index contributed by atoms with van der Waals surface area (Å²) in [7, 11) is 1.88. The fraction of sp³-hybridized carbons (Fsp3) is 0.750. The molecule has 2 unspecified atom stereocenters. The molecular weight excluding hydrogens is 202 g/mol. The summed E-state index contributed by atoms with van der Waals surface area (Å²) < 4.78 is 0. The molecule has 0 amide bonds. The standard InChI is InChI=1S/C12H25N3O/c1-9(2)11(14)8-12(16)10(4-6-13)5-7-15-3/h10-11,15H,1,4-8,13-14H2,2-3H3. The quantitative estimate of drug-likeness (QED) is 0.499. The maximum Gasteiger partial charge on any atom is 0.137 e. The van der Waals surface area contributed by atoms with Crippen LogP contribution in [0, 0.1) is 5.92 Å². The molecular formula is C12H25N3O. The van der Waals surface area contributed by atoms with E-state index < -0.39 is 0 Å². The van der Waals surface area contributed by atoms with Gasteiger partial charge in [-0.25, -0.2) is 0 Å². The molecule has 94 valence electrons. The Labute approximate surface area is 98.5 Å². The lowest BCUT2D eigenvalue weighted by atomic mass is 9.91. The highest BCUT2D eigenvalue weighted by molar-refractivity contribution is 5.81. The summed E-state index contributed by atoms with van der Waals surface area (Å²) in [6.45, 7) is 6.99. The summed E-state index contributed by atoms with van der Waals surface area (Å²) >= 11 is 0. The average molecular weight is 227 g/mol. The van der Waals surface area contributed by atoms with E-state index in [2.05, 4.69) is 11.9 Å². The number of carbonyl (C=O) groups is 1. The number of nitrogens with one attached hydrogen (secondary N) is 1. The van der Waals surface area contributed by atoms with E-state index in [4.69, 9.17) is 11.5 Å². The molecule has 0 heterocycles. The van der Waals surface area contributed by atoms with Crippen LogP contribution < -0.4 is 16.8 Å². The molecule has 0 spiro atoms. The Morgan fingerprint density at radius 2 is 2.06 bits per heavy atom. The third kappa shape index (κ3) is 6.00. The summed E-state index contributed by atoms with van der Waals surface area (Å²) in [5.41, 5.74) is 12.2. The van der Waals surface area contributed by atoms with Gasteiger partial charge in [0.2, 0.25) is 0 Å². The van der Waals surface area contributed by atoms with Crippen molar-refractivity contribution in [2.45, 2.75) is 32.2 Å². The molecule has 4 heteroatoms. The van der Waals surface area contributed by atoms with Crippen molar-refractivity contribution < 1.29 is 4.79 Å². The van der Waals surface area contributed by atoms with E-state index in [-0.39, 0.29) is 17.7 Å². The Bertz CT molecular complexity index is 228. The Morgan fingerprint density at radius 1 is 1.44 bits per heavy atom. The lowest BCUT2D eigenvalue weighted by Gasteiger charge is -2.17. The van der Waals surface area contributed by atoms with E-state index in [1.807, 2.05) is 14.0 Å². The molecule has 0 aliphatic carbocycles. The van der Waals surface area contributed by atoms with Crippen molar-refractivity contribution in [3.05, 3.63) is 12.2 Å². The van der Waals surface area contributed by atoms with Gasteiger partial charge in [-0.1, -0.05) is 12.2 Å². The van der Waals surface area contributed by atoms with Crippen LogP contribution in [0.25, 0.3) is 0 Å². The van der Waals surface area contributed by atoms with E-state index in [0.717, 1.165) is 25.0 Å². The Morgan fingerprint density at radius 3 is 2.50 bits per heavy atom. The molecule has 4 nitrogen and oxygen atoms in total. The second-order valence-corrected chi connectivity index (χ2v) is 4.29. The fourth-order valence-corrected chi connectivity index (χ4v) is 1.54. The van der Waals surface area contributed by atoms with Gasteiger partial charge in [0.25, 0.3) is 0 Å². The third-order valence-corrected chi connectivity index (χ3v) is 2.77. The van der Waals surface area contributed by atoms with Crippen molar-refractivity contribution in [3.8, 4) is 0 Å². The van der Waals surface area contributed by atoms with Crippen LogP contribution >= 0.6 is 0 Å². The van der Waals surface area contributed by atoms with Gasteiger partial charge in [0.1, 0.15) is 5.78 Å². The molecule has 0 aliphatic heterocycles. The zero-order valence-corrected chi connectivity index (χ0v) is 10.5. The lowest BCUT2D eigenvalue weighted by Crippen LogP contribution is -2.30. The first-order valence-corrected chi connectivity index (χ1v) is 5.81. The Kier molecular flexibility index (Phi) is 8.07. The van der Waals surface area contributed by atoms with Crippen molar-refractivity contribution in [1.82, 2.24) is 5.32 Å². The van der Waals surface area contributed by atoms with Gasteiger partial charge in [-0.15, -0.1) is 0 Å². The first-order chi connectivity index (χ1) is 7.52. The van der Waals surface area contributed by atoms with Crippen molar-refractivity contribution in [2.24, 2.45) is 17.4 Å². The maximum absolute atomic E-state index is 11.9. The predicted molar refractivity (Wildman–Crippen MR) is 68.1 cm³/mol. The van der Waals surface area contributed by atoms with Gasteiger partial charge in [-0.05, 0) is 39.9 Å². The van der Waals surface area contributed by atoms with Gasteiger partial charge >= 0.3 is 0 Å². The zero-order chi connectivity index (χ0) is 12.6. The number of Topliss-reactive ketones (excluding diaryl/α,β-unsaturated/α-hetero) is 1. The lowest BCUT2D eigenvalue weighted by molar-refractivity contribution is -0.123. The van der Waals surface area contributed by atoms with Gasteiger partial charge in [0, 0.05) is 18.4 Å². The van der Waals surface area contributed by atoms with Crippen LogP contribution in [0.3, 0.4) is 0 Å². The van der Waals surface area contributed by atoms with Crippen LogP contribution in [0.15, 0.2) is 12.2 Å². The normalized spacial score (nSPS) is 14.5. The number of rotatable bonds is 9. The molecule has 0 fully saturated rings. The second kappa shape index (κ2) is 8.44. The largest absolute Gasteiger partial charge is 0.330 e. The van der Waals surface area contributed by atoms with E-state index >= 15 is 0 Å². The van der Waals surface area contributed by atoms with Crippen LogP contribution in [-0.2, 0) is 4.79 Å². The van der Waals surface area contributed by atoms with Crippen LogP contribution in [0.2, 0.25) is 0 Å². The summed E-state index contributed by atoms with van der Waals surface area (Å²) in [6, 6.07) is -0.220. The SMILES string of the molecule is C=C(C)C(N)CC(=O)C(CCN)CCNC. The highest BCUT2D eigenvalue weighted by Crippen LogP contribution is 2.13. The highest BCUT2D eigenvalue weighted by atomic mass is 16.1. The number of carbonyl (C=O) groups excluding carboxylic acids is 1. The fourth-order valence-electron chi connectivity index (χ4n) is 1.54. The minimum Gasteiger partial charge on any atom is -0.330 e. The van der Waals surface area contributed by atoms with E-state index in [9.17, 15) is 4.79 Å². The summed E-state index contributed by atoms with van der Waals surface area (Å²) in [4.78, 5) is 11.9. The molecule has 0 rings (SSSR count). The molecule has 0 aromatic heterocycles. The number of hydrogen-bond donors (Lipinski definition) is 3. The summed E-state index contributed by atoms with van der Waals surface area (Å²) in [6.07, 6.45) is 1.95. The minimum absolute atomic E-state index is 0.0304. The van der Waals surface area contributed by atoms with E-state index in [1.54, 1.807) is 0 Å². The monoisotopic (exact) mass is 227 g/mol. The van der Waals surface area contributed by atoms with Gasteiger partial charge in [0.05, 0.1) is 0 Å². The van der Waals surface area contributed by atoms with Crippen molar-refractivity contribution in [3.63, 3.8) is 0 Å². The van der Waals surface area contributed by atoms with Gasteiger partial charge in [0.15, 0.2) is 0 Å². The summed E-state index contributed by atoms with van der Waals surface area (Å²) in [5, 5.41) is 3.05. The molecule has 0 aromatic rings. The van der Waals surface area contributed by atoms with Crippen LogP contribution in [-0.4, -0.2) is 32.0 Å². The predicted octanol–water partition coefficient (Wildman–Crippen LogP) is 0.424. The van der Waals surface area contributed by atoms with Gasteiger partial charge in [-0.3, -0.25) is 4.79 Å². The highest BCUT2D eigenvalue weighted by Gasteiger charge is 2.19. The Balaban J connectivity index is 4.20. The van der Waals surface area contributed by atoms with Crippen LogP contribution in [0.4, 0.5) is 0 Å². The van der Waals surface area contributed by atoms with E-state index in [1.165, 1.54) is 0 Å². The first kappa shape index (κ1) is 15.3. The van der Waals surface area contributed by atoms with Crippen molar-refractivity contribution in [1.29, 1.82) is 0 Å². The minimum atomic E-state index is -0.220. The molecule has 5 N–H and O–H groups in total. The zero-order valence-electron chi connectivity index (χ0n) is 10.5. The molecule has 0 aromatic carbocycles. The average Bonchev–Trinajstić information content (AvgIpc) is 2.23. The Hall–Kier alpha value is -0.710. The number of ketones is 1. The second-order valence-electron chi connectivity index (χ2n) is 4.29. The summed E-state index contributed by atoms with van der Waals surface area (Å²) in [5.74, 6) is 0.235. The third-order valence-electron chi connectivity index (χ3n) is 2.77. The number of nitrogens with two attached hydrogens (primary N) is 2. The van der Waals surface area contributed by atoms with Crippen LogP contribution in [0.5, 0.6) is 0 Å². The number of hydrogen-bond acceptors (Lipinski definition) is 4. The van der Waals surface area contributed by atoms with Crippen molar-refractivity contribution in [2.75, 3.05) is 20.1 Å². The molecule has 0 bridgehead atoms. The smallest absolute Gasteiger partial charge is 0.137 e. The van der Waals surface area contributed by atoms with Gasteiger partial charge in [-0.2, -0.15) is 0 Å². The topological polar surface area (TPSA) is 81.1 Å². The molecule has 0 aliphatic rings. The molecule has 16 heavy (non-hydrogen) atoms. The first-order valence-electron chi connectivity index (χ1n) is 5.81. The maximum atomic E-state index is 11.9. The van der Waals surface area contributed by atoms with Gasteiger partial charge < -0.3 is 16.8 Å². The molecule has 0 saturated carbocycles. The van der Waals surface area contributed by atoms with Crippen LogP contribution in [0.1, 0.15) is 26.2 Å².